The van der Waals surface area contributed by atoms with Crippen LogP contribution in [0.15, 0.2) is 54.6 Å². The van der Waals surface area contributed by atoms with Gasteiger partial charge in [0, 0.05) is 52.1 Å². The lowest BCUT2D eigenvalue weighted by Crippen LogP contribution is -2.40. The summed E-state index contributed by atoms with van der Waals surface area (Å²) < 4.78 is 219. The minimum Gasteiger partial charge on any atom is -0.478 e. The number of fused-ring (bicyclic) bond motifs is 4. The van der Waals surface area contributed by atoms with Crippen LogP contribution in [0.1, 0.15) is 113 Å². The van der Waals surface area contributed by atoms with Crippen molar-refractivity contribution < 1.29 is 109 Å². The van der Waals surface area contributed by atoms with Crippen molar-refractivity contribution in [2.75, 3.05) is 16.8 Å². The Bertz CT molecular complexity index is 4270. The van der Waals surface area contributed by atoms with Gasteiger partial charge in [-0.3, -0.25) is 33.7 Å². The number of sulfonamides is 1. The number of carboxylic acids is 2. The number of hydrogen-bond acceptors (Lipinski definition) is 13. The van der Waals surface area contributed by atoms with Gasteiger partial charge in [-0.2, -0.15) is 49.6 Å². The van der Waals surface area contributed by atoms with Crippen LogP contribution in [0.2, 0.25) is 5.02 Å². The van der Waals surface area contributed by atoms with Gasteiger partial charge in [0.25, 0.3) is 0 Å². The number of carbonyl (C=O) groups is 4. The molecular weight excluding hydrogens is 1280 g/mol. The number of amides is 2. The second-order valence-electron chi connectivity index (χ2n) is 22.0. The molecule has 0 unspecified atom stereocenters. The van der Waals surface area contributed by atoms with Gasteiger partial charge in [-0.1, -0.05) is 49.4 Å². The fourth-order valence-corrected chi connectivity index (χ4v) is 12.4. The number of hydrogen-bond donors (Lipinski definition) is 5. The van der Waals surface area contributed by atoms with Crippen molar-refractivity contribution in [1.29, 1.82) is 0 Å². The van der Waals surface area contributed by atoms with Gasteiger partial charge in [0.15, 0.2) is 21.3 Å². The van der Waals surface area contributed by atoms with Crippen LogP contribution >= 0.6 is 19.4 Å². The van der Waals surface area contributed by atoms with Gasteiger partial charge in [0.2, 0.25) is 21.8 Å². The Morgan fingerprint density at radius 2 is 1.50 bits per heavy atom. The second-order valence-corrected chi connectivity index (χ2v) is 28.0. The number of aryl methyl sites for hydroxylation is 1. The lowest BCUT2D eigenvalue weighted by atomic mass is 9.77. The van der Waals surface area contributed by atoms with Crippen LogP contribution < -0.4 is 14.1 Å². The minimum atomic E-state index is -5.72. The van der Waals surface area contributed by atoms with Crippen LogP contribution in [-0.4, -0.2) is 109 Å². The van der Waals surface area contributed by atoms with Crippen molar-refractivity contribution in [2.45, 2.75) is 107 Å². The Kier molecular flexibility index (Phi) is 17.1. The van der Waals surface area contributed by atoms with Crippen molar-refractivity contribution in [2.24, 2.45) is 5.92 Å². The lowest BCUT2D eigenvalue weighted by molar-refractivity contribution is -0.143. The van der Waals surface area contributed by atoms with Gasteiger partial charge in [-0.15, -0.1) is 0 Å². The molecule has 2 amide bonds. The molecule has 0 bridgehead atoms. The average molecular weight is 1330 g/mol. The predicted octanol–water partition coefficient (Wildman–Crippen LogP) is 9.01. The molecule has 0 spiro atoms. The third kappa shape index (κ3) is 13.4. The molecular formula is C53H47ClF10N7O14PS2. The van der Waals surface area contributed by atoms with E-state index in [2.05, 4.69) is 36.9 Å². The van der Waals surface area contributed by atoms with Crippen molar-refractivity contribution >= 4 is 79.8 Å². The third-order valence-corrected chi connectivity index (χ3v) is 18.6. The highest BCUT2D eigenvalue weighted by Crippen LogP contribution is 2.58. The summed E-state index contributed by atoms with van der Waals surface area (Å²) in [5, 5.41) is 28.2. The molecule has 35 heteroatoms. The maximum Gasteiger partial charge on any atom is 0.524 e. The fourth-order valence-electron chi connectivity index (χ4n) is 10.4. The van der Waals surface area contributed by atoms with E-state index < -0.39 is 213 Å². The first-order valence-electron chi connectivity index (χ1n) is 25.4. The molecule has 88 heavy (non-hydrogen) atoms. The number of aromatic carboxylic acids is 2. The number of carboxylic acid groups (broad SMARTS) is 2. The van der Waals surface area contributed by atoms with E-state index in [1.54, 1.807) is 0 Å². The van der Waals surface area contributed by atoms with Crippen LogP contribution in [0.4, 0.5) is 49.7 Å². The molecule has 3 heterocycles. The Morgan fingerprint density at radius 1 is 0.875 bits per heavy atom. The molecule has 3 aromatic carbocycles. The Hall–Kier alpha value is -7.63. The SMILES string of the molecule is CC(C)(CC(=O)N(c1nn(CC(F)(F)F)c2c(-c3ccc(CCC(C)(C)S(C)(=O)=O)nc3[C@H](Cc3cc(F)cc(F)c3)NC(=O)Cn3nc(C(F)(F)F)c4c3C(F)(F)[C@@H]3C#C[C@H]43)ccc(Cl)c12)S(C)(=O)=O)c1c(OP(=O)(O)O)cc(C(=O)O)cc1C(=O)O. The number of nitrogens with one attached hydrogen (secondary N) is 1. The molecule has 0 saturated heterocycles. The van der Waals surface area contributed by atoms with E-state index in [9.17, 15) is 86.9 Å². The van der Waals surface area contributed by atoms with Crippen molar-refractivity contribution in [3.63, 3.8) is 0 Å². The first-order valence-corrected chi connectivity index (χ1v) is 31.1. The van der Waals surface area contributed by atoms with Gasteiger partial charge in [-0.25, -0.2) is 39.8 Å². The van der Waals surface area contributed by atoms with Gasteiger partial charge in [0.05, 0.1) is 55.7 Å². The van der Waals surface area contributed by atoms with Gasteiger partial charge >= 0.3 is 38.0 Å². The summed E-state index contributed by atoms with van der Waals surface area (Å²) in [5.74, 6) is -14.9. The molecule has 472 valence electrons. The molecule has 8 rings (SSSR count). The molecule has 6 aromatic rings. The lowest BCUT2D eigenvalue weighted by Gasteiger charge is -2.30. The number of phosphoric acid groups is 1. The van der Waals surface area contributed by atoms with Crippen LogP contribution in [0.3, 0.4) is 0 Å². The molecule has 2 aliphatic rings. The molecule has 2 aliphatic carbocycles. The Morgan fingerprint density at radius 3 is 2.03 bits per heavy atom. The highest BCUT2D eigenvalue weighted by Gasteiger charge is 2.62. The quantitative estimate of drug-likeness (QED) is 0.0255. The number of aromatic nitrogens is 5. The molecule has 21 nitrogen and oxygen atoms in total. The summed E-state index contributed by atoms with van der Waals surface area (Å²) in [4.78, 5) is 78.1. The van der Waals surface area contributed by atoms with E-state index in [0.717, 1.165) is 50.4 Å². The summed E-state index contributed by atoms with van der Waals surface area (Å²) in [6.07, 6.45) is -11.9. The number of benzene rings is 3. The van der Waals surface area contributed by atoms with Crippen molar-refractivity contribution in [3.05, 3.63) is 122 Å². The first kappa shape index (κ1) is 66.3. The predicted molar refractivity (Wildman–Crippen MR) is 290 cm³/mol. The minimum absolute atomic E-state index is 0.0563. The summed E-state index contributed by atoms with van der Waals surface area (Å²) in [6.45, 7) is 1.18. The smallest absolute Gasteiger partial charge is 0.478 e. The summed E-state index contributed by atoms with van der Waals surface area (Å²) >= 11 is 6.75. The number of pyridine rings is 1. The van der Waals surface area contributed by atoms with Crippen molar-refractivity contribution in [1.82, 2.24) is 29.9 Å². The monoisotopic (exact) mass is 1330 g/mol. The van der Waals surface area contributed by atoms with Gasteiger partial charge < -0.3 is 20.1 Å². The third-order valence-electron chi connectivity index (χ3n) is 14.6. The van der Waals surface area contributed by atoms with E-state index in [4.69, 9.17) is 11.6 Å². The zero-order valence-electron chi connectivity index (χ0n) is 46.1. The number of rotatable bonds is 21. The number of alkyl halides is 8. The number of carbonyl (C=O) groups excluding carboxylic acids is 2. The summed E-state index contributed by atoms with van der Waals surface area (Å²) in [5.41, 5.74) is -11.6. The highest BCUT2D eigenvalue weighted by molar-refractivity contribution is 7.93. The number of anilines is 1. The summed E-state index contributed by atoms with van der Waals surface area (Å²) in [7, 11) is -14.8. The molecule has 0 aliphatic heterocycles. The largest absolute Gasteiger partial charge is 0.524 e. The molecule has 3 atom stereocenters. The molecule has 0 radical (unpaired) electrons. The van der Waals surface area contributed by atoms with Gasteiger partial charge in [-0.05, 0) is 75.1 Å². The maximum absolute atomic E-state index is 15.9. The fraction of sp³-hybridized carbons (Fsp3) is 0.377. The number of phosphoric ester groups is 1. The standard InChI is InChI=1S/C53H47ClF10N7O14PS2/c1-49(2,41-32(48(76)77)18-25(47(74)75)19-36(41)85-86(78,79)80)21-38(73)71(88(6,83)84)46-40-34(54)12-10-30(43(40)70(68-46)23-51(57,58)59)29-8-7-28(13-14-50(3,4)87(5,81)82)65-42(29)35(17-24-15-26(55)20-27(56)16-24)66-37(72)22-69-45-39(44(67-69)53(62,63)64)31-9-11-33(31)52(45,60)61/h7-8,10,12,15-16,18-20,31,33,35H,13-14,17,21-23H2,1-6H3,(H,66,72)(H,74,75)(H,76,77)(H2,78,79,80)/t31-,33+,35-/m0/s1. The zero-order chi connectivity index (χ0) is 65.7. The topological polar surface area (TPSA) is 308 Å². The molecule has 0 fully saturated rings. The van der Waals surface area contributed by atoms with Crippen LogP contribution in [-0.2, 0) is 77.5 Å². The molecule has 3 aromatic heterocycles. The van der Waals surface area contributed by atoms with E-state index in [-0.39, 0.29) is 37.8 Å². The number of halogens is 11. The molecule has 0 saturated carbocycles. The number of sulfone groups is 1. The van der Waals surface area contributed by atoms with Gasteiger partial charge in [0.1, 0.15) is 42.1 Å². The molecule has 5 N–H and O–H groups in total. The normalized spacial score (nSPS) is 16.3. The van der Waals surface area contributed by atoms with Crippen LogP contribution in [0, 0.1) is 29.4 Å². The Balaban J connectivity index is 1.35. The van der Waals surface area contributed by atoms with Crippen LogP contribution in [0.25, 0.3) is 22.0 Å². The highest BCUT2D eigenvalue weighted by atomic mass is 35.5. The van der Waals surface area contributed by atoms with Crippen molar-refractivity contribution in [3.8, 4) is 28.7 Å². The van der Waals surface area contributed by atoms with E-state index in [1.165, 1.54) is 19.9 Å². The van der Waals surface area contributed by atoms with E-state index in [1.807, 2.05) is 0 Å². The Labute approximate surface area is 496 Å². The second kappa shape index (κ2) is 22.8. The number of nitrogens with zero attached hydrogens (tertiary/aromatic N) is 6. The van der Waals surface area contributed by atoms with E-state index in [0.29, 0.717) is 24.5 Å². The van der Waals surface area contributed by atoms with Crippen LogP contribution in [0.5, 0.6) is 5.75 Å². The maximum atomic E-state index is 15.9. The zero-order valence-corrected chi connectivity index (χ0v) is 49.4. The average Bonchev–Trinajstić information content (AvgIpc) is 1.54. The van der Waals surface area contributed by atoms with E-state index >= 15 is 17.6 Å². The summed E-state index contributed by atoms with van der Waals surface area (Å²) in [6, 6.07) is 5.44. The first-order chi connectivity index (χ1) is 40.2.